The van der Waals surface area contributed by atoms with Gasteiger partial charge in [0, 0.05) is 13.1 Å². The normalized spacial score (nSPS) is 28.8. The Bertz CT molecular complexity index is 105. The summed E-state index contributed by atoms with van der Waals surface area (Å²) in [5, 5.41) is 8.97. The van der Waals surface area contributed by atoms with E-state index in [1.807, 2.05) is 4.90 Å². The lowest BCUT2D eigenvalue weighted by molar-refractivity contribution is -0.108. The van der Waals surface area contributed by atoms with E-state index in [9.17, 15) is 4.79 Å². The fraction of sp³-hybridized carbons (Fsp3) is 0.833. The van der Waals surface area contributed by atoms with E-state index in [4.69, 9.17) is 5.11 Å². The molecule has 1 fully saturated rings. The van der Waals surface area contributed by atoms with Crippen LogP contribution in [0.25, 0.3) is 0 Å². The number of β-amino-alcohol motifs (C(OH)–C–C–N with tert-alkyl or cyclic N) is 1. The molecule has 1 aliphatic rings. The van der Waals surface area contributed by atoms with Crippen molar-refractivity contribution in [2.45, 2.75) is 12.5 Å². The van der Waals surface area contributed by atoms with E-state index in [-0.39, 0.29) is 6.10 Å². The maximum atomic E-state index is 9.94. The van der Waals surface area contributed by atoms with Crippen LogP contribution in [0.5, 0.6) is 0 Å². The van der Waals surface area contributed by atoms with E-state index in [2.05, 4.69) is 0 Å². The van der Waals surface area contributed by atoms with E-state index >= 15 is 0 Å². The SMILES string of the molecule is O=CCN1CCC(O)C1. The summed E-state index contributed by atoms with van der Waals surface area (Å²) in [5.41, 5.74) is 0. The summed E-state index contributed by atoms with van der Waals surface area (Å²) in [6.07, 6.45) is 1.48. The molecule has 0 amide bonds. The maximum absolute atomic E-state index is 9.94. The van der Waals surface area contributed by atoms with Crippen LogP contribution in [0.2, 0.25) is 0 Å². The van der Waals surface area contributed by atoms with Crippen LogP contribution >= 0.6 is 0 Å². The number of carbonyl (C=O) groups is 1. The smallest absolute Gasteiger partial charge is 0.133 e. The molecule has 3 nitrogen and oxygen atoms in total. The number of hydrogen-bond donors (Lipinski definition) is 1. The summed E-state index contributed by atoms with van der Waals surface area (Å²) in [6.45, 7) is 2.00. The Hall–Kier alpha value is -0.410. The topological polar surface area (TPSA) is 40.5 Å². The first kappa shape index (κ1) is 6.71. The number of aldehydes is 1. The highest BCUT2D eigenvalue weighted by Gasteiger charge is 2.18. The third-order valence-electron chi connectivity index (χ3n) is 1.58. The number of aliphatic hydroxyl groups is 1. The average molecular weight is 129 g/mol. The molecule has 1 saturated heterocycles. The standard InChI is InChI=1S/C6H11NO2/c8-4-3-7-2-1-6(9)5-7/h4,6,9H,1-3,5H2. The molecule has 0 spiro atoms. The Morgan fingerprint density at radius 2 is 2.56 bits per heavy atom. The van der Waals surface area contributed by atoms with E-state index in [0.717, 1.165) is 19.3 Å². The number of rotatable bonds is 2. The molecular formula is C6H11NO2. The van der Waals surface area contributed by atoms with Crippen LogP contribution in [0.4, 0.5) is 0 Å². The van der Waals surface area contributed by atoms with E-state index in [1.165, 1.54) is 0 Å². The van der Waals surface area contributed by atoms with Crippen LogP contribution in [0.15, 0.2) is 0 Å². The van der Waals surface area contributed by atoms with Crippen molar-refractivity contribution in [2.24, 2.45) is 0 Å². The zero-order chi connectivity index (χ0) is 6.69. The second kappa shape index (κ2) is 2.94. The lowest BCUT2D eigenvalue weighted by atomic mass is 10.3. The van der Waals surface area contributed by atoms with Crippen molar-refractivity contribution in [3.8, 4) is 0 Å². The number of nitrogens with zero attached hydrogens (tertiary/aromatic N) is 1. The minimum atomic E-state index is -0.204. The molecule has 3 heteroatoms. The summed E-state index contributed by atoms with van der Waals surface area (Å²) in [7, 11) is 0. The maximum Gasteiger partial charge on any atom is 0.133 e. The third-order valence-corrected chi connectivity index (χ3v) is 1.58. The van der Waals surface area contributed by atoms with E-state index in [1.54, 1.807) is 0 Å². The largest absolute Gasteiger partial charge is 0.392 e. The molecular weight excluding hydrogens is 118 g/mol. The quantitative estimate of drug-likeness (QED) is 0.499. The van der Waals surface area contributed by atoms with Gasteiger partial charge in [-0.15, -0.1) is 0 Å². The highest BCUT2D eigenvalue weighted by Crippen LogP contribution is 2.06. The van der Waals surface area contributed by atoms with Crippen molar-refractivity contribution in [3.63, 3.8) is 0 Å². The van der Waals surface area contributed by atoms with Crippen molar-refractivity contribution in [1.82, 2.24) is 4.90 Å². The Labute approximate surface area is 54.3 Å². The van der Waals surface area contributed by atoms with E-state index in [0.29, 0.717) is 13.1 Å². The predicted octanol–water partition coefficient (Wildman–Crippen LogP) is -0.748. The zero-order valence-electron chi connectivity index (χ0n) is 5.29. The molecule has 52 valence electrons. The molecule has 0 aliphatic carbocycles. The van der Waals surface area contributed by atoms with Crippen LogP contribution in [0.3, 0.4) is 0 Å². The molecule has 1 unspecified atom stereocenters. The summed E-state index contributed by atoms with van der Waals surface area (Å²) < 4.78 is 0. The van der Waals surface area contributed by atoms with Gasteiger partial charge in [0.1, 0.15) is 6.29 Å². The number of likely N-dealkylation sites (tertiary alicyclic amines) is 1. The molecule has 0 radical (unpaired) electrons. The highest BCUT2D eigenvalue weighted by molar-refractivity contribution is 5.52. The summed E-state index contributed by atoms with van der Waals surface area (Å²) >= 11 is 0. The molecule has 0 aromatic rings. The zero-order valence-corrected chi connectivity index (χ0v) is 5.29. The minimum Gasteiger partial charge on any atom is -0.392 e. The van der Waals surface area contributed by atoms with Gasteiger partial charge < -0.3 is 9.90 Å². The first-order chi connectivity index (χ1) is 4.33. The lowest BCUT2D eigenvalue weighted by Gasteiger charge is -2.08. The number of aliphatic hydroxyl groups excluding tert-OH is 1. The molecule has 1 N–H and O–H groups in total. The van der Waals surface area contributed by atoms with Crippen LogP contribution < -0.4 is 0 Å². The van der Waals surface area contributed by atoms with Crippen molar-refractivity contribution in [2.75, 3.05) is 19.6 Å². The molecule has 0 aromatic carbocycles. The van der Waals surface area contributed by atoms with Gasteiger partial charge in [-0.2, -0.15) is 0 Å². The number of carbonyl (C=O) groups excluding carboxylic acids is 1. The number of hydrogen-bond acceptors (Lipinski definition) is 3. The van der Waals surface area contributed by atoms with Gasteiger partial charge in [-0.25, -0.2) is 0 Å². The molecule has 1 rings (SSSR count). The van der Waals surface area contributed by atoms with Gasteiger partial charge in [0.05, 0.1) is 12.6 Å². The average Bonchev–Trinajstić information content (AvgIpc) is 2.17. The fourth-order valence-electron chi connectivity index (χ4n) is 1.08. The van der Waals surface area contributed by atoms with Crippen molar-refractivity contribution >= 4 is 6.29 Å². The third kappa shape index (κ3) is 1.77. The van der Waals surface area contributed by atoms with Gasteiger partial charge in [0.15, 0.2) is 0 Å². The van der Waals surface area contributed by atoms with Crippen LogP contribution in [0, 0.1) is 0 Å². The second-order valence-corrected chi connectivity index (χ2v) is 2.37. The predicted molar refractivity (Wildman–Crippen MR) is 33.1 cm³/mol. The monoisotopic (exact) mass is 129 g/mol. The molecule has 9 heavy (non-hydrogen) atoms. The van der Waals surface area contributed by atoms with Crippen LogP contribution in [-0.2, 0) is 4.79 Å². The first-order valence-electron chi connectivity index (χ1n) is 3.17. The summed E-state index contributed by atoms with van der Waals surface area (Å²) in [6, 6.07) is 0. The molecule has 0 saturated carbocycles. The van der Waals surface area contributed by atoms with Gasteiger partial charge in [-0.1, -0.05) is 0 Å². The van der Waals surface area contributed by atoms with Crippen molar-refractivity contribution in [3.05, 3.63) is 0 Å². The molecule has 1 heterocycles. The molecule has 1 atom stereocenters. The van der Waals surface area contributed by atoms with Gasteiger partial charge >= 0.3 is 0 Å². The summed E-state index contributed by atoms with van der Waals surface area (Å²) in [5.74, 6) is 0. The molecule has 0 aromatic heterocycles. The first-order valence-corrected chi connectivity index (χ1v) is 3.17. The van der Waals surface area contributed by atoms with Crippen molar-refractivity contribution < 1.29 is 9.90 Å². The Morgan fingerprint density at radius 1 is 1.78 bits per heavy atom. The second-order valence-electron chi connectivity index (χ2n) is 2.37. The Kier molecular flexibility index (Phi) is 2.19. The highest BCUT2D eigenvalue weighted by atomic mass is 16.3. The molecule has 0 bridgehead atoms. The van der Waals surface area contributed by atoms with Crippen molar-refractivity contribution in [1.29, 1.82) is 0 Å². The van der Waals surface area contributed by atoms with Gasteiger partial charge in [-0.3, -0.25) is 4.90 Å². The summed E-state index contributed by atoms with van der Waals surface area (Å²) in [4.78, 5) is 11.9. The minimum absolute atomic E-state index is 0.204. The lowest BCUT2D eigenvalue weighted by Crippen LogP contribution is -2.23. The van der Waals surface area contributed by atoms with E-state index < -0.39 is 0 Å². The Morgan fingerprint density at radius 3 is 3.00 bits per heavy atom. The molecule has 1 aliphatic heterocycles. The van der Waals surface area contributed by atoms with Gasteiger partial charge in [-0.05, 0) is 6.42 Å². The van der Waals surface area contributed by atoms with Gasteiger partial charge in [0.25, 0.3) is 0 Å². The van der Waals surface area contributed by atoms with Gasteiger partial charge in [0.2, 0.25) is 0 Å². The van der Waals surface area contributed by atoms with Crippen LogP contribution in [0.1, 0.15) is 6.42 Å². The Balaban J connectivity index is 2.21. The fourth-order valence-corrected chi connectivity index (χ4v) is 1.08. The van der Waals surface area contributed by atoms with Crippen LogP contribution in [-0.4, -0.2) is 42.0 Å².